The molecule has 0 radical (unpaired) electrons. The zero-order valence-electron chi connectivity index (χ0n) is 2.85. The van der Waals surface area contributed by atoms with E-state index in [-0.39, 0.29) is 0 Å². The molecular formula is C2H3IO3. The maximum absolute atomic E-state index is 7.43. The van der Waals surface area contributed by atoms with E-state index < -0.39 is 21.1 Å². The molecule has 0 aliphatic rings. The van der Waals surface area contributed by atoms with E-state index in [2.05, 4.69) is 18.5 Å². The van der Waals surface area contributed by atoms with E-state index >= 15 is 0 Å². The van der Waals surface area contributed by atoms with Gasteiger partial charge in [-0.25, -0.2) is 5.26 Å². The molecule has 0 saturated heterocycles. The van der Waals surface area contributed by atoms with Crippen LogP contribution in [-0.4, -0.2) is 8.92 Å². The molecule has 0 rings (SSSR count). The summed E-state index contributed by atoms with van der Waals surface area (Å²) < 4.78 is 6.40. The molecule has 0 aromatic carbocycles. The van der Waals surface area contributed by atoms with E-state index in [1.54, 1.807) is 0 Å². The number of halogens is 1. The topological polar surface area (TPSA) is 38.7 Å². The molecule has 0 amide bonds. The molecule has 0 heterocycles. The van der Waals surface area contributed by atoms with Gasteiger partial charge in [-0.1, -0.05) is 8.71 Å². The van der Waals surface area contributed by atoms with Crippen LogP contribution in [0.2, 0.25) is 0 Å². The van der Waals surface area contributed by atoms with E-state index in [4.69, 9.17) is 5.26 Å². The van der Waals surface area contributed by atoms with Gasteiger partial charge in [0.05, 0.1) is 0 Å². The van der Waals surface area contributed by atoms with Gasteiger partial charge in [-0.3, -0.25) is 0 Å². The number of hydrogen-bond acceptors (Lipinski definition) is 3. The summed E-state index contributed by atoms with van der Waals surface area (Å²) in [4.78, 5) is 0. The van der Waals surface area contributed by atoms with Gasteiger partial charge in [-0.2, -0.15) is 0 Å². The largest absolute Gasteiger partial charge is 0.220 e. The molecule has 36 valence electrons. The highest BCUT2D eigenvalue weighted by atomic mass is 127. The van der Waals surface area contributed by atoms with Crippen LogP contribution in [0.5, 0.6) is 0 Å². The molecule has 0 aliphatic heterocycles. The van der Waals surface area contributed by atoms with Crippen molar-refractivity contribution in [2.45, 2.75) is 0 Å². The normalized spacial score (nSPS) is 7.50. The molecular weight excluding hydrogens is 199 g/mol. The van der Waals surface area contributed by atoms with E-state index in [1.165, 1.54) is 0 Å². The van der Waals surface area contributed by atoms with Crippen molar-refractivity contribution in [3.63, 3.8) is 0 Å². The summed E-state index contributed by atoms with van der Waals surface area (Å²) in [7, 11) is 0. The van der Waals surface area contributed by atoms with Gasteiger partial charge < -0.3 is 0 Å². The second-order valence-electron chi connectivity index (χ2n) is 0.348. The smallest absolute Gasteiger partial charge is 0.143 e. The Morgan fingerprint density at radius 3 is 2.67 bits per heavy atom. The quantitative estimate of drug-likeness (QED) is 0.410. The lowest BCUT2D eigenvalue weighted by atomic mass is 11.3. The number of hydrogen-bond donors (Lipinski definition) is 1. The third-order valence-corrected chi connectivity index (χ3v) is 0.766. The van der Waals surface area contributed by atoms with Crippen molar-refractivity contribution in [1.82, 2.24) is 0 Å². The Hall–Kier alpha value is 0.260. The van der Waals surface area contributed by atoms with E-state index in [9.17, 15) is 0 Å². The van der Waals surface area contributed by atoms with Crippen LogP contribution in [0.3, 0.4) is 0 Å². The highest BCUT2D eigenvalue weighted by Crippen LogP contribution is 1.91. The fourth-order valence-corrected chi connectivity index (χ4v) is 0.244. The monoisotopic (exact) mass is 202 g/mol. The molecule has 0 aromatic heterocycles. The molecule has 3 nitrogen and oxygen atoms in total. The Morgan fingerprint density at radius 2 is 2.50 bits per heavy atom. The van der Waals surface area contributed by atoms with E-state index in [0.717, 1.165) is 0 Å². The van der Waals surface area contributed by atoms with Crippen molar-refractivity contribution >= 4 is 24.8 Å². The van der Waals surface area contributed by atoms with Crippen LogP contribution in [0.25, 0.3) is 0 Å². The molecule has 6 heavy (non-hydrogen) atoms. The first-order valence-corrected chi connectivity index (χ1v) is 3.01. The highest BCUT2D eigenvalue weighted by molar-refractivity contribution is 14.2. The maximum atomic E-state index is 7.43. The summed E-state index contributed by atoms with van der Waals surface area (Å²) in [6.45, 7) is 3.21. The van der Waals surface area contributed by atoms with Gasteiger partial charge in [0.25, 0.3) is 0 Å². The van der Waals surface area contributed by atoms with Gasteiger partial charge >= 0.3 is 0 Å². The third-order valence-electron chi connectivity index (χ3n) is 0.114. The van der Waals surface area contributed by atoms with Crippen LogP contribution >= 0.6 is 21.1 Å². The molecule has 0 saturated carbocycles. The van der Waals surface area contributed by atoms with Gasteiger partial charge in [0.1, 0.15) is 21.1 Å². The van der Waals surface area contributed by atoms with Crippen molar-refractivity contribution in [2.24, 2.45) is 0 Å². The first-order valence-electron chi connectivity index (χ1n) is 1.05. The Morgan fingerprint density at radius 1 is 1.83 bits per heavy atom. The lowest BCUT2D eigenvalue weighted by Gasteiger charge is -1.75. The minimum atomic E-state index is -0.705. The minimum Gasteiger partial charge on any atom is -0.220 e. The first kappa shape index (κ1) is 6.26. The lowest BCUT2D eigenvalue weighted by Crippen LogP contribution is -1.67. The van der Waals surface area contributed by atoms with Crippen molar-refractivity contribution in [3.8, 4) is 0 Å². The van der Waals surface area contributed by atoms with Crippen molar-refractivity contribution < 1.29 is 13.5 Å². The molecule has 0 atom stereocenters. The van der Waals surface area contributed by atoms with Crippen molar-refractivity contribution in [1.29, 1.82) is 0 Å². The summed E-state index contributed by atoms with van der Waals surface area (Å²) in [5.41, 5.74) is 0. The molecule has 0 unspecified atom stereocenters. The Bertz CT molecular complexity index is 65.2. The minimum absolute atomic E-state index is 0.705. The van der Waals surface area contributed by atoms with Crippen molar-refractivity contribution in [3.05, 3.63) is 6.58 Å². The zero-order valence-corrected chi connectivity index (χ0v) is 5.01. The summed E-state index contributed by atoms with van der Waals surface area (Å²) in [6, 6.07) is 0. The Balaban J connectivity index is 2.86. The van der Waals surface area contributed by atoms with E-state index in [1.807, 2.05) is 0 Å². The Kier molecular flexibility index (Phi) is 5.49. The average Bonchev–Trinajstić information content (AvgIpc) is 1.61. The molecule has 0 fully saturated rings. The summed E-state index contributed by atoms with van der Waals surface area (Å²) in [5.74, 6) is 0. The van der Waals surface area contributed by atoms with Crippen LogP contribution in [0.1, 0.15) is 0 Å². The summed E-state index contributed by atoms with van der Waals surface area (Å²) >= 11 is -0.705. The van der Waals surface area contributed by atoms with Crippen LogP contribution < -0.4 is 0 Å². The van der Waals surface area contributed by atoms with Gasteiger partial charge in [-0.05, 0) is 6.58 Å². The molecule has 0 spiro atoms. The Labute approximate surface area is 45.3 Å². The maximum Gasteiger partial charge on any atom is 0.143 e. The molecule has 0 aromatic rings. The zero-order chi connectivity index (χ0) is 4.83. The second-order valence-corrected chi connectivity index (χ2v) is 1.91. The molecule has 0 aliphatic carbocycles. The predicted molar refractivity (Wildman–Crippen MR) is 29.5 cm³/mol. The SMILES string of the molecule is C=C=IOOO. The fraction of sp³-hybridized carbons (Fsp3) is 0. The molecule has 0 bridgehead atoms. The summed E-state index contributed by atoms with van der Waals surface area (Å²) in [6.07, 6.45) is 0. The highest BCUT2D eigenvalue weighted by Gasteiger charge is 1.63. The molecule has 4 heteroatoms. The van der Waals surface area contributed by atoms with Crippen molar-refractivity contribution in [2.75, 3.05) is 0 Å². The standard InChI is InChI=1S/C2H3IO3/c1-2-3-5-6-4/h4H,1H2. The first-order chi connectivity index (χ1) is 2.91. The second kappa shape index (κ2) is 5.26. The van der Waals surface area contributed by atoms with Crippen LogP contribution in [-0.2, 0) is 8.26 Å². The van der Waals surface area contributed by atoms with Gasteiger partial charge in [0.15, 0.2) is 0 Å². The van der Waals surface area contributed by atoms with Crippen LogP contribution in [0.15, 0.2) is 6.58 Å². The lowest BCUT2D eigenvalue weighted by molar-refractivity contribution is -0.417. The third kappa shape index (κ3) is 4.26. The van der Waals surface area contributed by atoms with Gasteiger partial charge in [0, 0.05) is 0 Å². The predicted octanol–water partition coefficient (Wildman–Crippen LogP) is 0.880. The summed E-state index contributed by atoms with van der Waals surface area (Å²) in [5, 5.41) is 10.7. The van der Waals surface area contributed by atoms with Crippen LogP contribution in [0.4, 0.5) is 0 Å². The van der Waals surface area contributed by atoms with E-state index in [0.29, 0.717) is 0 Å². The average molecular weight is 202 g/mol. The number of rotatable bonds is 2. The molecule has 1 N–H and O–H groups in total. The fourth-order valence-electron chi connectivity index (χ4n) is 0.0364. The van der Waals surface area contributed by atoms with Gasteiger partial charge in [-0.15, -0.1) is 3.22 Å². The van der Waals surface area contributed by atoms with Gasteiger partial charge in [0.2, 0.25) is 0 Å². The van der Waals surface area contributed by atoms with Crippen LogP contribution in [0, 0.1) is 0 Å².